The van der Waals surface area contributed by atoms with Gasteiger partial charge in [0, 0.05) is 16.7 Å². The molecule has 2 N–H and O–H groups in total. The molecule has 78 valence electrons. The third-order valence-electron chi connectivity index (χ3n) is 1.40. The fraction of sp³-hybridized carbons (Fsp3) is 0. The van der Waals surface area contributed by atoms with Gasteiger partial charge in [0.25, 0.3) is 9.05 Å². The summed E-state index contributed by atoms with van der Waals surface area (Å²) in [6.07, 6.45) is 0. The first-order valence-corrected chi connectivity index (χ1v) is 5.40. The molecule has 0 atom stereocenters. The Bertz CT molecular complexity index is 485. The van der Waals surface area contributed by atoms with E-state index in [2.05, 4.69) is 0 Å². The van der Waals surface area contributed by atoms with Crippen molar-refractivity contribution in [3.8, 4) is 11.5 Å². The largest absolute Gasteiger partial charge is 0.504 e. The molecule has 0 saturated heterocycles. The number of aromatic hydroxyl groups is 2. The Kier molecular flexibility index (Phi) is 2.55. The molecule has 0 aliphatic rings. The van der Waals surface area contributed by atoms with Crippen molar-refractivity contribution in [3.63, 3.8) is 0 Å². The van der Waals surface area contributed by atoms with Crippen molar-refractivity contribution in [2.24, 2.45) is 0 Å². The van der Waals surface area contributed by atoms with Crippen LogP contribution in [0.1, 0.15) is 0 Å². The molecule has 14 heavy (non-hydrogen) atoms. The zero-order valence-electron chi connectivity index (χ0n) is 6.33. The van der Waals surface area contributed by atoms with E-state index >= 15 is 0 Å². The highest BCUT2D eigenvalue weighted by Gasteiger charge is 2.24. The van der Waals surface area contributed by atoms with Crippen LogP contribution in [0.25, 0.3) is 0 Å². The van der Waals surface area contributed by atoms with Crippen molar-refractivity contribution < 1.29 is 27.4 Å². The number of benzene rings is 1. The van der Waals surface area contributed by atoms with E-state index in [1.54, 1.807) is 0 Å². The van der Waals surface area contributed by atoms with Crippen LogP contribution in [-0.2, 0) is 9.05 Å². The number of phenolic OH excluding ortho intramolecular Hbond substituents is 2. The molecule has 0 aromatic heterocycles. The molecule has 0 amide bonds. The molecule has 0 heterocycles. The summed E-state index contributed by atoms with van der Waals surface area (Å²) in [7, 11) is 0.293. The van der Waals surface area contributed by atoms with E-state index in [0.717, 1.165) is 0 Å². The minimum atomic E-state index is -4.46. The Morgan fingerprint density at radius 2 is 1.71 bits per heavy atom. The van der Waals surface area contributed by atoms with Gasteiger partial charge in [0.05, 0.1) is 0 Å². The molecule has 0 fully saturated rings. The van der Waals surface area contributed by atoms with Crippen LogP contribution in [0, 0.1) is 11.6 Å². The van der Waals surface area contributed by atoms with Gasteiger partial charge in [-0.25, -0.2) is 12.8 Å². The highest BCUT2D eigenvalue weighted by atomic mass is 35.7. The molecule has 8 heteroatoms. The smallest absolute Gasteiger partial charge is 0.265 e. The first kappa shape index (κ1) is 11.0. The van der Waals surface area contributed by atoms with E-state index < -0.39 is 37.1 Å². The van der Waals surface area contributed by atoms with Crippen molar-refractivity contribution in [2.45, 2.75) is 4.90 Å². The molecule has 4 nitrogen and oxygen atoms in total. The first-order valence-electron chi connectivity index (χ1n) is 3.09. The highest BCUT2D eigenvalue weighted by Crippen LogP contribution is 2.35. The van der Waals surface area contributed by atoms with Gasteiger partial charge in [-0.1, -0.05) is 0 Å². The van der Waals surface area contributed by atoms with Crippen molar-refractivity contribution >= 4 is 19.7 Å². The van der Waals surface area contributed by atoms with E-state index in [4.69, 9.17) is 20.9 Å². The lowest BCUT2D eigenvalue weighted by atomic mass is 10.3. The maximum absolute atomic E-state index is 12.7. The second-order valence-corrected chi connectivity index (χ2v) is 4.84. The fourth-order valence-corrected chi connectivity index (χ4v) is 1.68. The molecule has 0 bridgehead atoms. The van der Waals surface area contributed by atoms with Gasteiger partial charge in [0.1, 0.15) is 4.90 Å². The topological polar surface area (TPSA) is 74.6 Å². The molecule has 0 saturated carbocycles. The highest BCUT2D eigenvalue weighted by molar-refractivity contribution is 8.13. The van der Waals surface area contributed by atoms with Crippen molar-refractivity contribution in [3.05, 3.63) is 17.7 Å². The third kappa shape index (κ3) is 1.73. The van der Waals surface area contributed by atoms with Crippen LogP contribution in [0.15, 0.2) is 11.0 Å². The summed E-state index contributed by atoms with van der Waals surface area (Å²) in [5.74, 6) is -6.19. The second-order valence-electron chi connectivity index (χ2n) is 2.31. The quantitative estimate of drug-likeness (QED) is 0.731. The molecule has 0 spiro atoms. The van der Waals surface area contributed by atoms with E-state index in [1.165, 1.54) is 0 Å². The Morgan fingerprint density at radius 1 is 1.21 bits per heavy atom. The summed E-state index contributed by atoms with van der Waals surface area (Å²) in [4.78, 5) is -1.13. The van der Waals surface area contributed by atoms with Crippen LogP contribution < -0.4 is 0 Å². The number of phenols is 2. The second kappa shape index (κ2) is 3.25. The van der Waals surface area contributed by atoms with Crippen LogP contribution in [0.2, 0.25) is 0 Å². The van der Waals surface area contributed by atoms with Gasteiger partial charge in [-0.05, 0) is 0 Å². The summed E-state index contributed by atoms with van der Waals surface area (Å²) < 4.78 is 46.7. The minimum absolute atomic E-state index is 0.218. The van der Waals surface area contributed by atoms with Gasteiger partial charge < -0.3 is 10.2 Å². The maximum Gasteiger partial charge on any atom is 0.265 e. The van der Waals surface area contributed by atoms with E-state index in [-0.39, 0.29) is 6.07 Å². The van der Waals surface area contributed by atoms with Gasteiger partial charge in [0.2, 0.25) is 5.82 Å². The standard InChI is InChI=1S/C6H3ClF2O4S/c7-14(12,13)3-1-2(8)5(10)4(9)6(3)11/h1,10-11H. The number of halogens is 3. The van der Waals surface area contributed by atoms with Gasteiger partial charge in [-0.3, -0.25) is 0 Å². The van der Waals surface area contributed by atoms with Crippen LogP contribution in [0.5, 0.6) is 11.5 Å². The summed E-state index contributed by atoms with van der Waals surface area (Å²) >= 11 is 0. The average Bonchev–Trinajstić information content (AvgIpc) is 2.06. The molecule has 0 aliphatic heterocycles. The SMILES string of the molecule is O=S(=O)(Cl)c1cc(F)c(O)c(F)c1O. The lowest BCUT2D eigenvalue weighted by Gasteiger charge is -2.04. The zero-order chi connectivity index (χ0) is 11.1. The van der Waals surface area contributed by atoms with Gasteiger partial charge in [-0.2, -0.15) is 4.39 Å². The fourth-order valence-electron chi connectivity index (χ4n) is 0.763. The average molecular weight is 245 g/mol. The van der Waals surface area contributed by atoms with Crippen molar-refractivity contribution in [1.82, 2.24) is 0 Å². The predicted octanol–water partition coefficient (Wildman–Crippen LogP) is 1.30. The normalized spacial score (nSPS) is 11.6. The third-order valence-corrected chi connectivity index (χ3v) is 2.73. The van der Waals surface area contributed by atoms with Gasteiger partial charge >= 0.3 is 0 Å². The van der Waals surface area contributed by atoms with E-state index in [9.17, 15) is 17.2 Å². The lowest BCUT2D eigenvalue weighted by Crippen LogP contribution is -1.96. The van der Waals surface area contributed by atoms with Gasteiger partial charge in [0.15, 0.2) is 17.3 Å². The number of hydrogen-bond acceptors (Lipinski definition) is 4. The van der Waals surface area contributed by atoms with Crippen molar-refractivity contribution in [2.75, 3.05) is 0 Å². The lowest BCUT2D eigenvalue weighted by molar-refractivity contribution is 0.358. The Labute approximate surface area is 81.8 Å². The molecule has 1 aromatic rings. The van der Waals surface area contributed by atoms with Crippen LogP contribution in [0.3, 0.4) is 0 Å². The number of hydrogen-bond donors (Lipinski definition) is 2. The monoisotopic (exact) mass is 244 g/mol. The Morgan fingerprint density at radius 3 is 2.14 bits per heavy atom. The summed E-state index contributed by atoms with van der Waals surface area (Å²) in [6.45, 7) is 0. The summed E-state index contributed by atoms with van der Waals surface area (Å²) in [5.41, 5.74) is 0. The Hall–Kier alpha value is -1.08. The number of rotatable bonds is 1. The molecular weight excluding hydrogens is 242 g/mol. The first-order chi connectivity index (χ1) is 6.25. The van der Waals surface area contributed by atoms with Crippen molar-refractivity contribution in [1.29, 1.82) is 0 Å². The molecular formula is C6H3ClF2O4S. The molecule has 0 unspecified atom stereocenters. The maximum atomic E-state index is 12.7. The Balaban J connectivity index is 3.66. The molecule has 0 radical (unpaired) electrons. The molecule has 0 aliphatic carbocycles. The minimum Gasteiger partial charge on any atom is -0.504 e. The molecule has 1 aromatic carbocycles. The van der Waals surface area contributed by atoms with E-state index in [1.807, 2.05) is 0 Å². The predicted molar refractivity (Wildman–Crippen MR) is 42.7 cm³/mol. The molecule has 1 rings (SSSR count). The summed E-state index contributed by atoms with van der Waals surface area (Å²) in [6, 6.07) is 0.218. The van der Waals surface area contributed by atoms with Crippen LogP contribution in [0.4, 0.5) is 8.78 Å². The van der Waals surface area contributed by atoms with Gasteiger partial charge in [-0.15, -0.1) is 0 Å². The van der Waals surface area contributed by atoms with Crippen LogP contribution in [-0.4, -0.2) is 18.6 Å². The van der Waals surface area contributed by atoms with Crippen LogP contribution >= 0.6 is 10.7 Å². The summed E-state index contributed by atoms with van der Waals surface area (Å²) in [5, 5.41) is 17.5. The van der Waals surface area contributed by atoms with E-state index in [0.29, 0.717) is 0 Å². The zero-order valence-corrected chi connectivity index (χ0v) is 7.90.